The second-order valence-corrected chi connectivity index (χ2v) is 7.96. The standard InChI is InChI=1S/C31H37F3O/c1-8-13-17-30(35)23-28(18-19-29(12-5)31(32,33)34)25(7)20-24(6)21-27(16-11-4)22-26(14-9-2)15-10-3/h9-10,12-13,15,18-19,21-22H,1-2,5-7,11,14,16-17,20,23H2,3-4H3/b15-10-,26-22+,27-21+,28-18+,29-19+. The van der Waals surface area contributed by atoms with Crippen LogP contribution in [0.5, 0.6) is 0 Å². The van der Waals surface area contributed by atoms with Crippen LogP contribution in [0.25, 0.3) is 0 Å². The average molecular weight is 483 g/mol. The van der Waals surface area contributed by atoms with Crippen molar-refractivity contribution in [1.82, 2.24) is 0 Å². The normalized spacial score (nSPS) is 13.4. The summed E-state index contributed by atoms with van der Waals surface area (Å²) in [5.41, 5.74) is 5.54. The molecule has 4 heteroatoms. The molecule has 0 aliphatic rings. The van der Waals surface area contributed by atoms with E-state index in [1.165, 1.54) is 12.2 Å². The van der Waals surface area contributed by atoms with Gasteiger partial charge in [0, 0.05) is 12.8 Å². The van der Waals surface area contributed by atoms with Crippen molar-refractivity contribution < 1.29 is 18.0 Å². The molecule has 0 atom stereocenters. The summed E-state index contributed by atoms with van der Waals surface area (Å²) in [7, 11) is 0. The van der Waals surface area contributed by atoms with Gasteiger partial charge in [-0.15, -0.1) is 12.3 Å². The minimum Gasteiger partial charge on any atom is -0.299 e. The van der Waals surface area contributed by atoms with E-state index in [-0.39, 0.29) is 18.6 Å². The fourth-order valence-electron chi connectivity index (χ4n) is 3.21. The van der Waals surface area contributed by atoms with Crippen molar-refractivity contribution in [1.29, 1.82) is 0 Å². The predicted octanol–water partition coefficient (Wildman–Crippen LogP) is 9.59. The van der Waals surface area contributed by atoms with E-state index in [4.69, 9.17) is 0 Å². The fraction of sp³-hybridized carbons (Fsp3) is 0.290. The molecule has 0 fully saturated rings. The zero-order valence-electron chi connectivity index (χ0n) is 21.0. The number of alkyl halides is 3. The number of hydrogen-bond acceptors (Lipinski definition) is 1. The third kappa shape index (κ3) is 13.8. The first-order valence-electron chi connectivity index (χ1n) is 11.5. The van der Waals surface area contributed by atoms with E-state index in [1.54, 1.807) is 0 Å². The van der Waals surface area contributed by atoms with Gasteiger partial charge in [-0.2, -0.15) is 13.2 Å². The molecule has 0 unspecified atom stereocenters. The van der Waals surface area contributed by atoms with Crippen LogP contribution >= 0.6 is 0 Å². The summed E-state index contributed by atoms with van der Waals surface area (Å²) in [6.45, 7) is 22.7. The number of ketones is 1. The summed E-state index contributed by atoms with van der Waals surface area (Å²) in [4.78, 5) is 12.3. The molecular formula is C31H37F3O. The second-order valence-electron chi connectivity index (χ2n) is 7.96. The Labute approximate surface area is 209 Å². The van der Waals surface area contributed by atoms with Crippen LogP contribution < -0.4 is 0 Å². The monoisotopic (exact) mass is 482 g/mol. The number of carbonyl (C=O) groups is 1. The van der Waals surface area contributed by atoms with Gasteiger partial charge >= 0.3 is 6.18 Å². The van der Waals surface area contributed by atoms with Crippen LogP contribution in [-0.4, -0.2) is 12.0 Å². The smallest absolute Gasteiger partial charge is 0.299 e. The average Bonchev–Trinajstić information content (AvgIpc) is 2.76. The maximum Gasteiger partial charge on any atom is 0.416 e. The van der Waals surface area contributed by atoms with E-state index in [9.17, 15) is 18.0 Å². The van der Waals surface area contributed by atoms with Gasteiger partial charge in [0.1, 0.15) is 5.78 Å². The third-order valence-electron chi connectivity index (χ3n) is 4.83. The zero-order valence-corrected chi connectivity index (χ0v) is 21.0. The minimum absolute atomic E-state index is 0.0563. The highest BCUT2D eigenvalue weighted by molar-refractivity contribution is 5.83. The summed E-state index contributed by atoms with van der Waals surface area (Å²) in [6.07, 6.45) is 12.7. The number of carbonyl (C=O) groups excluding carboxylic acids is 1. The maximum absolute atomic E-state index is 13.1. The lowest BCUT2D eigenvalue weighted by Gasteiger charge is -2.12. The van der Waals surface area contributed by atoms with Gasteiger partial charge in [-0.3, -0.25) is 4.79 Å². The van der Waals surface area contributed by atoms with Gasteiger partial charge in [-0.25, -0.2) is 0 Å². The molecule has 0 saturated carbocycles. The molecule has 35 heavy (non-hydrogen) atoms. The van der Waals surface area contributed by atoms with Crippen LogP contribution in [0.15, 0.2) is 127 Å². The Hall–Kier alpha value is -3.36. The number of Topliss-reactive ketones (excluding diaryl/α,β-unsaturated/α-hetero) is 1. The molecule has 0 amide bonds. The molecule has 0 radical (unpaired) electrons. The predicted molar refractivity (Wildman–Crippen MR) is 144 cm³/mol. The summed E-state index contributed by atoms with van der Waals surface area (Å²) in [5, 5.41) is 0. The molecule has 0 aromatic heterocycles. The molecule has 1 nitrogen and oxygen atoms in total. The van der Waals surface area contributed by atoms with E-state index >= 15 is 0 Å². The molecule has 0 aromatic carbocycles. The highest BCUT2D eigenvalue weighted by atomic mass is 19.4. The molecule has 0 bridgehead atoms. The van der Waals surface area contributed by atoms with E-state index in [2.05, 4.69) is 51.6 Å². The van der Waals surface area contributed by atoms with Crippen LogP contribution in [-0.2, 0) is 4.79 Å². The Balaban J connectivity index is 6.05. The van der Waals surface area contributed by atoms with Crippen LogP contribution in [0.1, 0.15) is 52.4 Å². The Morgan fingerprint density at radius 2 is 1.69 bits per heavy atom. The maximum atomic E-state index is 13.1. The van der Waals surface area contributed by atoms with Gasteiger partial charge in [0.2, 0.25) is 0 Å². The van der Waals surface area contributed by atoms with Crippen LogP contribution in [0.2, 0.25) is 0 Å². The highest BCUT2D eigenvalue weighted by Crippen LogP contribution is 2.28. The highest BCUT2D eigenvalue weighted by Gasteiger charge is 2.30. The molecule has 0 N–H and O–H groups in total. The summed E-state index contributed by atoms with van der Waals surface area (Å²) >= 11 is 0. The molecule has 0 heterocycles. The fourth-order valence-corrected chi connectivity index (χ4v) is 3.21. The van der Waals surface area contributed by atoms with Gasteiger partial charge < -0.3 is 0 Å². The van der Waals surface area contributed by atoms with Crippen molar-refractivity contribution >= 4 is 5.78 Å². The van der Waals surface area contributed by atoms with Crippen molar-refractivity contribution in [2.24, 2.45) is 0 Å². The first-order chi connectivity index (χ1) is 16.5. The first-order valence-corrected chi connectivity index (χ1v) is 11.5. The zero-order chi connectivity index (χ0) is 26.9. The van der Waals surface area contributed by atoms with Crippen molar-refractivity contribution in [2.75, 3.05) is 0 Å². The van der Waals surface area contributed by atoms with E-state index < -0.39 is 11.7 Å². The molecule has 0 spiro atoms. The van der Waals surface area contributed by atoms with Crippen molar-refractivity contribution in [3.8, 4) is 0 Å². The summed E-state index contributed by atoms with van der Waals surface area (Å²) in [5.74, 6) is -0.176. The van der Waals surface area contributed by atoms with Crippen molar-refractivity contribution in [3.05, 3.63) is 127 Å². The van der Waals surface area contributed by atoms with Gasteiger partial charge in [0.05, 0.1) is 5.57 Å². The second kappa shape index (κ2) is 17.1. The van der Waals surface area contributed by atoms with Gasteiger partial charge in [-0.05, 0) is 60.6 Å². The number of allylic oxidation sites excluding steroid dienone is 15. The number of halogens is 3. The minimum atomic E-state index is -4.54. The molecule has 0 saturated heterocycles. The SMILES string of the molecule is C=C=CCC(=O)C/C(=C\C=C(/C=C)C(F)(F)F)C(=C)CC(=C)/C=C(/C=C(/C=C\C)CC=C)CCC. The van der Waals surface area contributed by atoms with Crippen LogP contribution in [0.4, 0.5) is 13.2 Å². The van der Waals surface area contributed by atoms with Crippen molar-refractivity contribution in [2.45, 2.75) is 58.5 Å². The first kappa shape index (κ1) is 31.6. The molecule has 0 rings (SSSR count). The Morgan fingerprint density at radius 1 is 1.00 bits per heavy atom. The summed E-state index contributed by atoms with van der Waals surface area (Å²) < 4.78 is 39.4. The lowest BCUT2D eigenvalue weighted by atomic mass is 9.93. The lowest BCUT2D eigenvalue weighted by molar-refractivity contribution is -0.117. The van der Waals surface area contributed by atoms with E-state index in [0.717, 1.165) is 48.1 Å². The van der Waals surface area contributed by atoms with Crippen LogP contribution in [0, 0.1) is 0 Å². The van der Waals surface area contributed by atoms with Crippen molar-refractivity contribution in [3.63, 3.8) is 0 Å². The van der Waals surface area contributed by atoms with Gasteiger partial charge in [0.25, 0.3) is 0 Å². The van der Waals surface area contributed by atoms with Gasteiger partial charge in [0.15, 0.2) is 0 Å². The van der Waals surface area contributed by atoms with Gasteiger partial charge in [-0.1, -0.05) is 87.8 Å². The van der Waals surface area contributed by atoms with E-state index in [0.29, 0.717) is 17.6 Å². The number of rotatable bonds is 16. The Kier molecular flexibility index (Phi) is 15.5. The Morgan fingerprint density at radius 3 is 2.20 bits per heavy atom. The third-order valence-corrected chi connectivity index (χ3v) is 4.83. The Bertz CT molecular complexity index is 985. The molecule has 0 aliphatic heterocycles. The summed E-state index contributed by atoms with van der Waals surface area (Å²) in [6, 6.07) is 0. The molecule has 0 aromatic rings. The van der Waals surface area contributed by atoms with E-state index in [1.807, 2.05) is 31.2 Å². The van der Waals surface area contributed by atoms with Crippen LogP contribution in [0.3, 0.4) is 0 Å². The molecular weight excluding hydrogens is 445 g/mol. The quantitative estimate of drug-likeness (QED) is 0.122. The molecule has 188 valence electrons. The molecule has 0 aliphatic carbocycles. The lowest BCUT2D eigenvalue weighted by Crippen LogP contribution is -2.09. The largest absolute Gasteiger partial charge is 0.416 e. The topological polar surface area (TPSA) is 17.1 Å². The number of hydrogen-bond donors (Lipinski definition) is 0.